The molecule has 202 valence electrons. The summed E-state index contributed by atoms with van der Waals surface area (Å²) in [6.45, 7) is 0. The van der Waals surface area contributed by atoms with E-state index in [1.54, 1.807) is 0 Å². The van der Waals surface area contributed by atoms with Gasteiger partial charge in [-0.15, -0.1) is 0 Å². The number of aromatic nitrogens is 2. The van der Waals surface area contributed by atoms with E-state index in [-0.39, 0.29) is 5.63 Å². The van der Waals surface area contributed by atoms with E-state index in [0.717, 1.165) is 44.4 Å². The van der Waals surface area contributed by atoms with Crippen LogP contribution in [0.2, 0.25) is 0 Å². The van der Waals surface area contributed by atoms with Crippen LogP contribution < -0.4 is 5.63 Å². The minimum Gasteiger partial charge on any atom is -0.420 e. The molecule has 0 saturated carbocycles. The van der Waals surface area contributed by atoms with Gasteiger partial charge >= 0.3 is 5.63 Å². The Kier molecular flexibility index (Phi) is 5.02. The van der Waals surface area contributed by atoms with Crippen LogP contribution >= 0.6 is 0 Å². The second kappa shape index (κ2) is 9.07. The summed E-state index contributed by atoms with van der Waals surface area (Å²) >= 11 is 0. The molecule has 3 aromatic heterocycles. The van der Waals surface area contributed by atoms with Crippen LogP contribution in [-0.4, -0.2) is 8.97 Å². The number of para-hydroxylation sites is 4. The van der Waals surface area contributed by atoms with Gasteiger partial charge in [0.2, 0.25) is 0 Å². The highest BCUT2D eigenvalue weighted by Crippen LogP contribution is 2.40. The van der Waals surface area contributed by atoms with Crippen molar-refractivity contribution in [1.29, 1.82) is 0 Å². The number of benzene rings is 6. The normalized spacial score (nSPS) is 11.8. The average molecular weight is 553 g/mol. The second-order valence-corrected chi connectivity index (χ2v) is 10.9. The van der Waals surface area contributed by atoms with Crippen LogP contribution in [0.15, 0.2) is 155 Å². The van der Waals surface area contributed by atoms with Crippen molar-refractivity contribution in [1.82, 2.24) is 8.97 Å². The van der Waals surface area contributed by atoms with Crippen LogP contribution in [0.3, 0.4) is 0 Å². The average Bonchev–Trinajstić information content (AvgIpc) is 3.59. The molecule has 0 saturated heterocycles. The van der Waals surface area contributed by atoms with Crippen molar-refractivity contribution >= 4 is 49.3 Å². The molecule has 4 nitrogen and oxygen atoms in total. The number of rotatable bonds is 3. The Morgan fingerprint density at radius 3 is 1.86 bits per heavy atom. The summed E-state index contributed by atoms with van der Waals surface area (Å²) in [4.78, 5) is 13.5. The van der Waals surface area contributed by atoms with E-state index in [4.69, 9.17) is 4.42 Å². The van der Waals surface area contributed by atoms with E-state index < -0.39 is 0 Å². The summed E-state index contributed by atoms with van der Waals surface area (Å²) < 4.78 is 10.2. The SMILES string of the molecule is O=c1oc2ccccc2n2c1c(-c1ccccc1)c1cc(-c3ccc4c(c3)c3ccccc3n4-c3ccccc3)ccc12. The lowest BCUT2D eigenvalue weighted by molar-refractivity contribution is 0.563. The fourth-order valence-corrected chi connectivity index (χ4v) is 6.70. The summed E-state index contributed by atoms with van der Waals surface area (Å²) in [6, 6.07) is 50.1. The zero-order valence-electron chi connectivity index (χ0n) is 23.1. The molecule has 4 heteroatoms. The molecule has 0 N–H and O–H groups in total. The summed E-state index contributed by atoms with van der Waals surface area (Å²) in [5, 5.41) is 3.43. The topological polar surface area (TPSA) is 39.6 Å². The van der Waals surface area contributed by atoms with Crippen LogP contribution in [0.5, 0.6) is 0 Å². The van der Waals surface area contributed by atoms with Crippen molar-refractivity contribution in [3.8, 4) is 27.9 Å². The molecule has 9 aromatic rings. The van der Waals surface area contributed by atoms with Gasteiger partial charge < -0.3 is 8.98 Å². The monoisotopic (exact) mass is 552 g/mol. The Morgan fingerprint density at radius 1 is 0.465 bits per heavy atom. The third-order valence-corrected chi connectivity index (χ3v) is 8.55. The van der Waals surface area contributed by atoms with E-state index in [2.05, 4.69) is 106 Å². The van der Waals surface area contributed by atoms with E-state index in [1.165, 1.54) is 21.8 Å². The molecule has 0 unspecified atom stereocenters. The van der Waals surface area contributed by atoms with Crippen molar-refractivity contribution in [2.45, 2.75) is 0 Å². The predicted molar refractivity (Wildman–Crippen MR) is 176 cm³/mol. The molecule has 43 heavy (non-hydrogen) atoms. The lowest BCUT2D eigenvalue weighted by Gasteiger charge is -2.08. The van der Waals surface area contributed by atoms with E-state index in [0.29, 0.717) is 11.1 Å². The molecule has 0 amide bonds. The lowest BCUT2D eigenvalue weighted by atomic mass is 9.98. The summed E-state index contributed by atoms with van der Waals surface area (Å²) in [5.41, 5.74) is 10.2. The molecule has 0 spiro atoms. The maximum absolute atomic E-state index is 13.5. The van der Waals surface area contributed by atoms with Gasteiger partial charge in [0.05, 0.1) is 22.1 Å². The quantitative estimate of drug-likeness (QED) is 0.219. The highest BCUT2D eigenvalue weighted by atomic mass is 16.4. The van der Waals surface area contributed by atoms with Crippen molar-refractivity contribution in [3.05, 3.63) is 156 Å². The van der Waals surface area contributed by atoms with Crippen LogP contribution in [0.1, 0.15) is 0 Å². The van der Waals surface area contributed by atoms with Crippen LogP contribution in [-0.2, 0) is 0 Å². The third kappa shape index (κ3) is 3.47. The molecule has 0 bridgehead atoms. The summed E-state index contributed by atoms with van der Waals surface area (Å²) in [5.74, 6) is 0. The first-order valence-electron chi connectivity index (χ1n) is 14.4. The largest absolute Gasteiger partial charge is 0.420 e. The van der Waals surface area contributed by atoms with Crippen molar-refractivity contribution < 1.29 is 4.42 Å². The van der Waals surface area contributed by atoms with Gasteiger partial charge in [-0.3, -0.25) is 4.40 Å². The van der Waals surface area contributed by atoms with Gasteiger partial charge in [0.1, 0.15) is 5.52 Å². The second-order valence-electron chi connectivity index (χ2n) is 10.9. The molecule has 0 atom stereocenters. The smallest absolute Gasteiger partial charge is 0.361 e. The van der Waals surface area contributed by atoms with Crippen LogP contribution in [0, 0.1) is 0 Å². The molecule has 0 aliphatic heterocycles. The summed E-state index contributed by atoms with van der Waals surface area (Å²) in [6.07, 6.45) is 0. The predicted octanol–water partition coefficient (Wildman–Crippen LogP) is 9.63. The van der Waals surface area contributed by atoms with E-state index >= 15 is 0 Å². The van der Waals surface area contributed by atoms with Crippen LogP contribution in [0.4, 0.5) is 0 Å². The third-order valence-electron chi connectivity index (χ3n) is 8.55. The molecule has 9 rings (SSSR count). The summed E-state index contributed by atoms with van der Waals surface area (Å²) in [7, 11) is 0. The lowest BCUT2D eigenvalue weighted by Crippen LogP contribution is -2.05. The molecule has 0 radical (unpaired) electrons. The fourth-order valence-electron chi connectivity index (χ4n) is 6.70. The van der Waals surface area contributed by atoms with Gasteiger partial charge in [-0.2, -0.15) is 0 Å². The molecule has 3 heterocycles. The van der Waals surface area contributed by atoms with Gasteiger partial charge in [0, 0.05) is 27.4 Å². The maximum Gasteiger partial charge on any atom is 0.361 e. The van der Waals surface area contributed by atoms with Crippen molar-refractivity contribution in [2.75, 3.05) is 0 Å². The first kappa shape index (κ1) is 23.8. The van der Waals surface area contributed by atoms with E-state index in [9.17, 15) is 4.79 Å². The van der Waals surface area contributed by atoms with Crippen LogP contribution in [0.25, 0.3) is 77.3 Å². The Balaban J connectivity index is 1.34. The molecule has 0 aliphatic rings. The number of hydrogen-bond acceptors (Lipinski definition) is 2. The molecule has 0 aliphatic carbocycles. The first-order valence-corrected chi connectivity index (χ1v) is 14.4. The van der Waals surface area contributed by atoms with Gasteiger partial charge in [-0.1, -0.05) is 91.0 Å². The Morgan fingerprint density at radius 2 is 1.07 bits per heavy atom. The standard InChI is InChI=1S/C39H24N2O2/c42-39-38-37(25-11-3-1-4-12-25)31-24-27(20-22-34(31)41(38)35-17-9-10-18-36(35)43-39)26-19-21-33-30(23-26)29-15-7-8-16-32(29)40(33)28-13-5-2-6-14-28/h1-24H. The zero-order valence-corrected chi connectivity index (χ0v) is 23.1. The van der Waals surface area contributed by atoms with Crippen molar-refractivity contribution in [2.24, 2.45) is 0 Å². The van der Waals surface area contributed by atoms with E-state index in [1.807, 2.05) is 48.5 Å². The molecular formula is C39H24N2O2. The highest BCUT2D eigenvalue weighted by molar-refractivity contribution is 6.12. The fraction of sp³-hybridized carbons (Fsp3) is 0. The van der Waals surface area contributed by atoms with Gasteiger partial charge in [-0.25, -0.2) is 4.79 Å². The molecule has 6 aromatic carbocycles. The number of hydrogen-bond donors (Lipinski definition) is 0. The van der Waals surface area contributed by atoms with Gasteiger partial charge in [-0.05, 0) is 71.3 Å². The first-order chi connectivity index (χ1) is 21.3. The molecule has 0 fully saturated rings. The minimum atomic E-state index is -0.342. The zero-order chi connectivity index (χ0) is 28.5. The van der Waals surface area contributed by atoms with Gasteiger partial charge in [0.25, 0.3) is 0 Å². The maximum atomic E-state index is 13.5. The highest BCUT2D eigenvalue weighted by Gasteiger charge is 2.21. The number of nitrogens with zero attached hydrogens (tertiary/aromatic N) is 2. The minimum absolute atomic E-state index is 0.342. The van der Waals surface area contributed by atoms with Gasteiger partial charge in [0.15, 0.2) is 5.58 Å². The Hall–Kier alpha value is -5.87. The van der Waals surface area contributed by atoms with Crippen molar-refractivity contribution in [3.63, 3.8) is 0 Å². The Labute approximate surface area is 246 Å². The number of fused-ring (bicyclic) bond motifs is 8. The Bertz CT molecular complexity index is 2570. The molecular weight excluding hydrogens is 528 g/mol.